The highest BCUT2D eigenvalue weighted by Crippen LogP contribution is 2.39. The first-order valence-electron chi connectivity index (χ1n) is 7.29. The Labute approximate surface area is 118 Å². The molecule has 0 radical (unpaired) electrons. The second-order valence-corrected chi connectivity index (χ2v) is 5.88. The molecule has 2 aromatic heterocycles. The Balaban J connectivity index is 1.56. The minimum Gasteiger partial charge on any atom is -0.425 e. The van der Waals surface area contributed by atoms with Gasteiger partial charge < -0.3 is 8.83 Å². The molecule has 1 aliphatic rings. The smallest absolute Gasteiger partial charge is 0.219 e. The molecule has 1 fully saturated rings. The lowest BCUT2D eigenvalue weighted by atomic mass is 10.1. The van der Waals surface area contributed by atoms with E-state index in [4.69, 9.17) is 8.83 Å². The van der Waals surface area contributed by atoms with E-state index in [-0.39, 0.29) is 11.8 Å². The summed E-state index contributed by atoms with van der Waals surface area (Å²) in [6, 6.07) is 0. The molecule has 0 aliphatic heterocycles. The zero-order valence-electron chi connectivity index (χ0n) is 12.2. The monoisotopic (exact) mass is 276 g/mol. The van der Waals surface area contributed by atoms with E-state index in [1.807, 2.05) is 13.8 Å². The molecular weight excluding hydrogens is 256 g/mol. The quantitative estimate of drug-likeness (QED) is 0.806. The van der Waals surface area contributed by atoms with Crippen LogP contribution in [0.2, 0.25) is 0 Å². The van der Waals surface area contributed by atoms with E-state index in [1.165, 1.54) is 12.8 Å². The second kappa shape index (κ2) is 5.34. The SMILES string of the molecule is CC(C)c1nnc(CCC(C)c2nnc(C3CC3)o2)o1. The van der Waals surface area contributed by atoms with Gasteiger partial charge in [0.05, 0.1) is 0 Å². The van der Waals surface area contributed by atoms with Crippen molar-refractivity contribution in [2.45, 2.75) is 64.2 Å². The molecule has 108 valence electrons. The summed E-state index contributed by atoms with van der Waals surface area (Å²) in [7, 11) is 0. The average molecular weight is 276 g/mol. The summed E-state index contributed by atoms with van der Waals surface area (Å²) in [6.07, 6.45) is 3.96. The molecule has 1 atom stereocenters. The van der Waals surface area contributed by atoms with Gasteiger partial charge in [-0.25, -0.2) is 0 Å². The lowest BCUT2D eigenvalue weighted by molar-refractivity contribution is 0.394. The highest BCUT2D eigenvalue weighted by atomic mass is 16.4. The molecule has 0 bridgehead atoms. The second-order valence-electron chi connectivity index (χ2n) is 5.88. The molecule has 1 aliphatic carbocycles. The van der Waals surface area contributed by atoms with Crippen molar-refractivity contribution in [1.29, 1.82) is 0 Å². The van der Waals surface area contributed by atoms with Gasteiger partial charge in [-0.05, 0) is 19.3 Å². The van der Waals surface area contributed by atoms with E-state index in [0.717, 1.165) is 24.6 Å². The summed E-state index contributed by atoms with van der Waals surface area (Å²) in [5.74, 6) is 3.88. The van der Waals surface area contributed by atoms with Crippen LogP contribution < -0.4 is 0 Å². The van der Waals surface area contributed by atoms with Crippen LogP contribution in [0.5, 0.6) is 0 Å². The van der Waals surface area contributed by atoms with Crippen LogP contribution in [0.4, 0.5) is 0 Å². The normalized spacial score (nSPS) is 16.8. The zero-order valence-corrected chi connectivity index (χ0v) is 12.2. The predicted octanol–water partition coefficient (Wildman–Crippen LogP) is 3.19. The highest BCUT2D eigenvalue weighted by molar-refractivity contribution is 5.01. The first kappa shape index (κ1) is 13.3. The van der Waals surface area contributed by atoms with Gasteiger partial charge in [0.15, 0.2) is 0 Å². The van der Waals surface area contributed by atoms with Crippen molar-refractivity contribution in [3.63, 3.8) is 0 Å². The molecule has 3 rings (SSSR count). The first-order valence-corrected chi connectivity index (χ1v) is 7.29. The third-order valence-electron chi connectivity index (χ3n) is 3.57. The molecule has 0 spiro atoms. The van der Waals surface area contributed by atoms with Gasteiger partial charge in [0.2, 0.25) is 23.6 Å². The van der Waals surface area contributed by atoms with E-state index in [0.29, 0.717) is 17.7 Å². The summed E-state index contributed by atoms with van der Waals surface area (Å²) >= 11 is 0. The van der Waals surface area contributed by atoms with Crippen LogP contribution in [0.1, 0.15) is 81.4 Å². The Morgan fingerprint density at radius 3 is 2.40 bits per heavy atom. The third-order valence-corrected chi connectivity index (χ3v) is 3.57. The van der Waals surface area contributed by atoms with Crippen LogP contribution in [0.15, 0.2) is 8.83 Å². The summed E-state index contributed by atoms with van der Waals surface area (Å²) in [5, 5.41) is 16.4. The summed E-state index contributed by atoms with van der Waals surface area (Å²) in [4.78, 5) is 0. The van der Waals surface area contributed by atoms with E-state index in [1.54, 1.807) is 0 Å². The zero-order chi connectivity index (χ0) is 14.1. The van der Waals surface area contributed by atoms with Gasteiger partial charge in [-0.15, -0.1) is 20.4 Å². The molecule has 0 N–H and O–H groups in total. The van der Waals surface area contributed by atoms with Crippen molar-refractivity contribution in [1.82, 2.24) is 20.4 Å². The van der Waals surface area contributed by atoms with Gasteiger partial charge in [0.1, 0.15) is 0 Å². The number of aromatic nitrogens is 4. The van der Waals surface area contributed by atoms with Crippen LogP contribution in [0.3, 0.4) is 0 Å². The van der Waals surface area contributed by atoms with Gasteiger partial charge in [-0.3, -0.25) is 0 Å². The molecule has 6 heteroatoms. The minimum atomic E-state index is 0.212. The fraction of sp³-hybridized carbons (Fsp3) is 0.714. The molecular formula is C14H20N4O2. The number of hydrogen-bond acceptors (Lipinski definition) is 6. The molecule has 0 aromatic carbocycles. The Kier molecular flexibility index (Phi) is 3.54. The maximum atomic E-state index is 5.71. The first-order chi connectivity index (χ1) is 9.63. The van der Waals surface area contributed by atoms with Crippen LogP contribution in [-0.2, 0) is 6.42 Å². The highest BCUT2D eigenvalue weighted by Gasteiger charge is 2.30. The van der Waals surface area contributed by atoms with E-state index < -0.39 is 0 Å². The molecule has 0 amide bonds. The van der Waals surface area contributed by atoms with Gasteiger partial charge in [-0.2, -0.15) is 0 Å². The van der Waals surface area contributed by atoms with Gasteiger partial charge >= 0.3 is 0 Å². The van der Waals surface area contributed by atoms with Crippen molar-refractivity contribution in [3.8, 4) is 0 Å². The lowest BCUT2D eigenvalue weighted by Crippen LogP contribution is -1.97. The Morgan fingerprint density at radius 2 is 1.75 bits per heavy atom. The molecule has 2 heterocycles. The Hall–Kier alpha value is -1.72. The Morgan fingerprint density at radius 1 is 1.00 bits per heavy atom. The van der Waals surface area contributed by atoms with Crippen molar-refractivity contribution >= 4 is 0 Å². The largest absolute Gasteiger partial charge is 0.425 e. The molecule has 20 heavy (non-hydrogen) atoms. The van der Waals surface area contributed by atoms with Gasteiger partial charge in [-0.1, -0.05) is 20.8 Å². The maximum absolute atomic E-state index is 5.71. The predicted molar refractivity (Wildman–Crippen MR) is 71.4 cm³/mol. The van der Waals surface area contributed by atoms with Crippen LogP contribution in [0.25, 0.3) is 0 Å². The summed E-state index contributed by atoms with van der Waals surface area (Å²) in [5.41, 5.74) is 0. The van der Waals surface area contributed by atoms with Crippen molar-refractivity contribution in [2.24, 2.45) is 0 Å². The van der Waals surface area contributed by atoms with Crippen LogP contribution in [-0.4, -0.2) is 20.4 Å². The summed E-state index contributed by atoms with van der Waals surface area (Å²) < 4.78 is 11.3. The van der Waals surface area contributed by atoms with E-state index >= 15 is 0 Å². The van der Waals surface area contributed by atoms with Crippen molar-refractivity contribution in [3.05, 3.63) is 23.6 Å². The molecule has 0 saturated heterocycles. The van der Waals surface area contributed by atoms with E-state index in [9.17, 15) is 0 Å². The molecule has 1 saturated carbocycles. The molecule has 1 unspecified atom stereocenters. The fourth-order valence-corrected chi connectivity index (χ4v) is 2.01. The summed E-state index contributed by atoms with van der Waals surface area (Å²) in [6.45, 7) is 6.17. The number of aryl methyl sites for hydroxylation is 1. The maximum Gasteiger partial charge on any atom is 0.219 e. The standard InChI is InChI=1S/C14H20N4O2/c1-8(2)12-16-15-11(19-12)7-4-9(3)13-17-18-14(20-13)10-5-6-10/h8-10H,4-7H2,1-3H3. The van der Waals surface area contributed by atoms with Crippen LogP contribution in [0, 0.1) is 0 Å². The van der Waals surface area contributed by atoms with E-state index in [2.05, 4.69) is 27.3 Å². The van der Waals surface area contributed by atoms with Gasteiger partial charge in [0, 0.05) is 24.2 Å². The fourth-order valence-electron chi connectivity index (χ4n) is 2.01. The third kappa shape index (κ3) is 2.89. The van der Waals surface area contributed by atoms with Crippen LogP contribution >= 0.6 is 0 Å². The molecule has 6 nitrogen and oxygen atoms in total. The van der Waals surface area contributed by atoms with Gasteiger partial charge in [0.25, 0.3) is 0 Å². The minimum absolute atomic E-state index is 0.212. The number of hydrogen-bond donors (Lipinski definition) is 0. The topological polar surface area (TPSA) is 77.8 Å². The van der Waals surface area contributed by atoms with Crippen molar-refractivity contribution in [2.75, 3.05) is 0 Å². The lowest BCUT2D eigenvalue weighted by Gasteiger charge is -2.03. The number of rotatable bonds is 6. The Bertz CT molecular complexity index is 571. The van der Waals surface area contributed by atoms with Crippen molar-refractivity contribution < 1.29 is 8.83 Å². The molecule has 2 aromatic rings. The number of nitrogens with zero attached hydrogens (tertiary/aromatic N) is 4. The average Bonchev–Trinajstić information content (AvgIpc) is 2.98.